The fourth-order valence-corrected chi connectivity index (χ4v) is 0.946. The Kier molecular flexibility index (Phi) is 4.60. The molecule has 0 aliphatic rings. The van der Waals surface area contributed by atoms with Crippen molar-refractivity contribution in [3.8, 4) is 0 Å². The van der Waals surface area contributed by atoms with E-state index in [1.54, 1.807) is 0 Å². The molecule has 0 atom stereocenters. The second-order valence-electron chi connectivity index (χ2n) is 1.84. The minimum absolute atomic E-state index is 0.922. The van der Waals surface area contributed by atoms with Gasteiger partial charge in [0.05, 0.1) is 0 Å². The maximum atomic E-state index is 5.85. The Morgan fingerprint density at radius 2 is 1.89 bits per heavy atom. The van der Waals surface area contributed by atoms with Gasteiger partial charge in [-0.2, -0.15) is 0 Å². The number of hydrogen-bond acceptors (Lipinski definition) is 1. The summed E-state index contributed by atoms with van der Waals surface area (Å²) in [4.78, 5) is 0. The van der Waals surface area contributed by atoms with Gasteiger partial charge in [0.1, 0.15) is 0 Å². The molecule has 0 aliphatic heterocycles. The Bertz CT molecular complexity index is 101. The third kappa shape index (κ3) is 2.75. The fourth-order valence-electron chi connectivity index (χ4n) is 0.718. The molecule has 54 valence electrons. The van der Waals surface area contributed by atoms with Gasteiger partial charge in [0.15, 0.2) is 0 Å². The molecule has 1 nitrogen and oxygen atoms in total. The van der Waals surface area contributed by atoms with Crippen molar-refractivity contribution < 1.29 is 0 Å². The molecule has 0 bridgehead atoms. The third-order valence-corrected chi connectivity index (χ3v) is 1.79. The summed E-state index contributed by atoms with van der Waals surface area (Å²) in [6, 6.07) is 0. The molecule has 2 heteroatoms. The van der Waals surface area contributed by atoms with Crippen LogP contribution in [0.25, 0.3) is 0 Å². The zero-order valence-electron chi connectivity index (χ0n) is 6.29. The van der Waals surface area contributed by atoms with Crippen molar-refractivity contribution in [1.29, 1.82) is 0 Å². The van der Waals surface area contributed by atoms with Crippen molar-refractivity contribution in [3.05, 3.63) is 10.7 Å². The van der Waals surface area contributed by atoms with Gasteiger partial charge in [0, 0.05) is 17.8 Å². The SMILES string of the molecule is CC/C(Cl)=C(\CC)NC. The largest absolute Gasteiger partial charge is 0.390 e. The van der Waals surface area contributed by atoms with Crippen molar-refractivity contribution in [2.24, 2.45) is 0 Å². The van der Waals surface area contributed by atoms with Crippen molar-refractivity contribution in [1.82, 2.24) is 5.32 Å². The summed E-state index contributed by atoms with van der Waals surface area (Å²) in [5.74, 6) is 0. The summed E-state index contributed by atoms with van der Waals surface area (Å²) in [5.41, 5.74) is 1.15. The second kappa shape index (κ2) is 4.68. The van der Waals surface area contributed by atoms with E-state index in [4.69, 9.17) is 11.6 Å². The lowest BCUT2D eigenvalue weighted by Gasteiger charge is -2.04. The summed E-state index contributed by atoms with van der Waals surface area (Å²) in [7, 11) is 1.90. The van der Waals surface area contributed by atoms with E-state index in [0.29, 0.717) is 0 Å². The summed E-state index contributed by atoms with van der Waals surface area (Å²) >= 11 is 5.85. The highest BCUT2D eigenvalue weighted by Crippen LogP contribution is 2.12. The lowest BCUT2D eigenvalue weighted by molar-refractivity contribution is 0.876. The summed E-state index contributed by atoms with van der Waals surface area (Å²) in [6.07, 6.45) is 1.91. The monoisotopic (exact) mass is 147 g/mol. The Balaban J connectivity index is 4.01. The highest BCUT2D eigenvalue weighted by atomic mass is 35.5. The van der Waals surface area contributed by atoms with Gasteiger partial charge in [-0.15, -0.1) is 0 Å². The lowest BCUT2D eigenvalue weighted by atomic mass is 10.3. The van der Waals surface area contributed by atoms with Gasteiger partial charge in [-0.1, -0.05) is 25.4 Å². The van der Waals surface area contributed by atoms with E-state index in [2.05, 4.69) is 19.2 Å². The fraction of sp³-hybridized carbons (Fsp3) is 0.714. The van der Waals surface area contributed by atoms with Crippen LogP contribution >= 0.6 is 11.6 Å². The average molecular weight is 148 g/mol. The molecule has 0 rings (SSSR count). The van der Waals surface area contributed by atoms with Crippen LogP contribution in [0.15, 0.2) is 10.7 Å². The predicted molar refractivity (Wildman–Crippen MR) is 42.5 cm³/mol. The van der Waals surface area contributed by atoms with Gasteiger partial charge in [-0.25, -0.2) is 0 Å². The molecule has 0 aromatic heterocycles. The molecular weight excluding hydrogens is 134 g/mol. The van der Waals surface area contributed by atoms with E-state index in [1.165, 1.54) is 0 Å². The van der Waals surface area contributed by atoms with Crippen molar-refractivity contribution in [2.75, 3.05) is 7.05 Å². The highest BCUT2D eigenvalue weighted by Gasteiger charge is 1.95. The molecule has 0 radical (unpaired) electrons. The second-order valence-corrected chi connectivity index (χ2v) is 2.30. The molecule has 0 spiro atoms. The topological polar surface area (TPSA) is 12.0 Å². The molecular formula is C7H14ClN. The van der Waals surface area contributed by atoms with Gasteiger partial charge in [-0.3, -0.25) is 0 Å². The molecule has 0 heterocycles. The molecule has 0 aliphatic carbocycles. The van der Waals surface area contributed by atoms with Crippen LogP contribution in [0.3, 0.4) is 0 Å². The van der Waals surface area contributed by atoms with Gasteiger partial charge in [0.2, 0.25) is 0 Å². The van der Waals surface area contributed by atoms with E-state index in [0.717, 1.165) is 23.6 Å². The van der Waals surface area contributed by atoms with E-state index in [-0.39, 0.29) is 0 Å². The van der Waals surface area contributed by atoms with Gasteiger partial charge < -0.3 is 5.32 Å². The Morgan fingerprint density at radius 3 is 2.00 bits per heavy atom. The number of hydrogen-bond donors (Lipinski definition) is 1. The standard InChI is InChI=1S/C7H14ClN/c1-4-6(8)7(5-2)9-3/h9H,4-5H2,1-3H3/b7-6-. The first-order valence-corrected chi connectivity index (χ1v) is 3.69. The van der Waals surface area contributed by atoms with Crippen molar-refractivity contribution in [2.45, 2.75) is 26.7 Å². The predicted octanol–water partition coefficient (Wildman–Crippen LogP) is 2.48. The number of halogens is 1. The molecule has 0 aromatic carbocycles. The van der Waals surface area contributed by atoms with Crippen LogP contribution in [-0.2, 0) is 0 Å². The summed E-state index contributed by atoms with van der Waals surface area (Å²) in [5, 5.41) is 3.99. The number of nitrogens with one attached hydrogen (secondary N) is 1. The minimum atomic E-state index is 0.922. The summed E-state index contributed by atoms with van der Waals surface area (Å²) in [6.45, 7) is 4.14. The zero-order valence-corrected chi connectivity index (χ0v) is 7.05. The minimum Gasteiger partial charge on any atom is -0.390 e. The maximum Gasteiger partial charge on any atom is 0.0367 e. The summed E-state index contributed by atoms with van der Waals surface area (Å²) < 4.78 is 0. The van der Waals surface area contributed by atoms with Gasteiger partial charge in [0.25, 0.3) is 0 Å². The Morgan fingerprint density at radius 1 is 1.33 bits per heavy atom. The van der Waals surface area contributed by atoms with E-state index in [1.807, 2.05) is 7.05 Å². The van der Waals surface area contributed by atoms with E-state index in [9.17, 15) is 0 Å². The van der Waals surface area contributed by atoms with Crippen LogP contribution in [0.1, 0.15) is 26.7 Å². The first-order valence-electron chi connectivity index (χ1n) is 3.31. The van der Waals surface area contributed by atoms with Crippen molar-refractivity contribution >= 4 is 11.6 Å². The lowest BCUT2D eigenvalue weighted by Crippen LogP contribution is -2.05. The van der Waals surface area contributed by atoms with Gasteiger partial charge >= 0.3 is 0 Å². The van der Waals surface area contributed by atoms with Gasteiger partial charge in [-0.05, 0) is 12.8 Å². The average Bonchev–Trinajstić information content (AvgIpc) is 1.90. The molecule has 0 saturated carbocycles. The molecule has 0 amide bonds. The van der Waals surface area contributed by atoms with Crippen molar-refractivity contribution in [3.63, 3.8) is 0 Å². The zero-order chi connectivity index (χ0) is 7.28. The highest BCUT2D eigenvalue weighted by molar-refractivity contribution is 6.29. The van der Waals surface area contributed by atoms with Crippen LogP contribution in [0.4, 0.5) is 0 Å². The van der Waals surface area contributed by atoms with Crippen LogP contribution in [0, 0.1) is 0 Å². The normalized spacial score (nSPS) is 12.9. The van der Waals surface area contributed by atoms with Crippen LogP contribution < -0.4 is 5.32 Å². The van der Waals surface area contributed by atoms with Crippen LogP contribution in [-0.4, -0.2) is 7.05 Å². The quantitative estimate of drug-likeness (QED) is 0.647. The van der Waals surface area contributed by atoms with Crippen LogP contribution in [0.5, 0.6) is 0 Å². The molecule has 0 fully saturated rings. The molecule has 0 saturated heterocycles. The molecule has 1 N–H and O–H groups in total. The molecule has 0 aromatic rings. The molecule has 0 unspecified atom stereocenters. The smallest absolute Gasteiger partial charge is 0.0367 e. The number of rotatable bonds is 3. The molecule has 9 heavy (non-hydrogen) atoms. The third-order valence-electron chi connectivity index (χ3n) is 1.29. The first kappa shape index (κ1) is 8.83. The van der Waals surface area contributed by atoms with E-state index >= 15 is 0 Å². The maximum absolute atomic E-state index is 5.85. The Labute approximate surface area is 62.1 Å². The van der Waals surface area contributed by atoms with Crippen LogP contribution in [0.2, 0.25) is 0 Å². The number of allylic oxidation sites excluding steroid dienone is 2. The van der Waals surface area contributed by atoms with E-state index < -0.39 is 0 Å². The first-order chi connectivity index (χ1) is 4.26. The Hall–Kier alpha value is -0.170.